The number of rotatable bonds is 5. The van der Waals surface area contributed by atoms with Crippen LogP contribution in [0.3, 0.4) is 0 Å². The first-order valence-corrected chi connectivity index (χ1v) is 9.83. The van der Waals surface area contributed by atoms with Crippen LogP contribution in [0.4, 0.5) is 10.1 Å². The minimum atomic E-state index is -3.49. The van der Waals surface area contributed by atoms with Crippen LogP contribution >= 0.6 is 0 Å². The number of hydrogen-bond acceptors (Lipinski definition) is 3. The van der Waals surface area contributed by atoms with Gasteiger partial charge in [-0.15, -0.1) is 0 Å². The fraction of sp³-hybridized carbons (Fsp3) is 0.278. The van der Waals surface area contributed by atoms with Crippen molar-refractivity contribution in [2.75, 3.05) is 38.0 Å². The maximum absolute atomic E-state index is 13.2. The van der Waals surface area contributed by atoms with Crippen LogP contribution in [0, 0.1) is 5.82 Å². The molecule has 2 aromatic rings. The highest BCUT2D eigenvalue weighted by atomic mass is 32.2. The number of amides is 1. The summed E-state index contributed by atoms with van der Waals surface area (Å²) in [5, 5.41) is 2.67. The van der Waals surface area contributed by atoms with E-state index in [1.807, 2.05) is 0 Å². The lowest BCUT2D eigenvalue weighted by Gasteiger charge is -2.31. The SMILES string of the molecule is O=C(C[NH+]1CCN(S(=O)(=O)c2ccccc2)CC1)Nc1cccc(F)c1. The number of halogens is 1. The third kappa shape index (κ3) is 4.46. The summed E-state index contributed by atoms with van der Waals surface area (Å²) >= 11 is 0. The largest absolute Gasteiger partial charge is 0.325 e. The Morgan fingerprint density at radius 1 is 1.08 bits per heavy atom. The lowest BCUT2D eigenvalue weighted by atomic mass is 10.3. The average molecular weight is 378 g/mol. The molecular formula is C18H21FN3O3S+. The Balaban J connectivity index is 1.53. The minimum absolute atomic E-state index is 0.218. The quantitative estimate of drug-likeness (QED) is 0.789. The molecule has 2 aromatic carbocycles. The van der Waals surface area contributed by atoms with E-state index in [1.165, 1.54) is 22.5 Å². The zero-order valence-electron chi connectivity index (χ0n) is 14.2. The first-order valence-electron chi connectivity index (χ1n) is 8.39. The highest BCUT2D eigenvalue weighted by molar-refractivity contribution is 7.89. The topological polar surface area (TPSA) is 70.9 Å². The number of hydrogen-bond donors (Lipinski definition) is 2. The Bertz CT molecular complexity index is 866. The van der Waals surface area contributed by atoms with Crippen molar-refractivity contribution in [3.8, 4) is 0 Å². The lowest BCUT2D eigenvalue weighted by Crippen LogP contribution is -3.15. The summed E-state index contributed by atoms with van der Waals surface area (Å²) in [4.78, 5) is 13.4. The zero-order valence-corrected chi connectivity index (χ0v) is 15.0. The van der Waals surface area contributed by atoms with Crippen molar-refractivity contribution >= 4 is 21.6 Å². The number of carbonyl (C=O) groups is 1. The number of quaternary nitrogens is 1. The zero-order chi connectivity index (χ0) is 18.6. The van der Waals surface area contributed by atoms with Gasteiger partial charge in [-0.25, -0.2) is 12.8 Å². The number of carbonyl (C=O) groups excluding carboxylic acids is 1. The molecule has 0 spiro atoms. The smallest absolute Gasteiger partial charge is 0.279 e. The molecule has 6 nitrogen and oxygen atoms in total. The van der Waals surface area contributed by atoms with Crippen LogP contribution in [0.2, 0.25) is 0 Å². The number of benzene rings is 2. The van der Waals surface area contributed by atoms with Crippen molar-refractivity contribution in [1.82, 2.24) is 4.31 Å². The molecule has 138 valence electrons. The van der Waals surface area contributed by atoms with E-state index in [9.17, 15) is 17.6 Å². The highest BCUT2D eigenvalue weighted by Gasteiger charge is 2.30. The molecule has 1 fully saturated rings. The second kappa shape index (κ2) is 7.94. The van der Waals surface area contributed by atoms with Gasteiger partial charge in [0.1, 0.15) is 5.82 Å². The van der Waals surface area contributed by atoms with Crippen LogP contribution in [0.1, 0.15) is 0 Å². The lowest BCUT2D eigenvalue weighted by molar-refractivity contribution is -0.895. The molecule has 2 N–H and O–H groups in total. The van der Waals surface area contributed by atoms with Gasteiger partial charge in [0.15, 0.2) is 6.54 Å². The van der Waals surface area contributed by atoms with Crippen molar-refractivity contribution < 1.29 is 22.5 Å². The molecule has 0 bridgehead atoms. The van der Waals surface area contributed by atoms with E-state index in [0.717, 1.165) is 4.90 Å². The van der Waals surface area contributed by atoms with E-state index < -0.39 is 15.8 Å². The number of anilines is 1. The summed E-state index contributed by atoms with van der Waals surface area (Å²) in [6, 6.07) is 14.1. The molecule has 0 atom stereocenters. The summed E-state index contributed by atoms with van der Waals surface area (Å²) in [5.41, 5.74) is 0.416. The predicted molar refractivity (Wildman–Crippen MR) is 95.8 cm³/mol. The van der Waals surface area contributed by atoms with E-state index >= 15 is 0 Å². The molecule has 26 heavy (non-hydrogen) atoms. The van der Waals surface area contributed by atoms with Gasteiger partial charge in [-0.1, -0.05) is 24.3 Å². The van der Waals surface area contributed by atoms with Crippen LogP contribution < -0.4 is 10.2 Å². The number of nitrogens with zero attached hydrogens (tertiary/aromatic N) is 1. The van der Waals surface area contributed by atoms with Crippen molar-refractivity contribution in [1.29, 1.82) is 0 Å². The van der Waals surface area contributed by atoms with Gasteiger partial charge in [-0.3, -0.25) is 4.79 Å². The van der Waals surface area contributed by atoms with Crippen LogP contribution in [0.15, 0.2) is 59.5 Å². The van der Waals surface area contributed by atoms with Crippen LogP contribution in [0.5, 0.6) is 0 Å². The van der Waals surface area contributed by atoms with E-state index in [-0.39, 0.29) is 17.3 Å². The van der Waals surface area contributed by atoms with Crippen molar-refractivity contribution in [2.24, 2.45) is 0 Å². The maximum atomic E-state index is 13.2. The first kappa shape index (κ1) is 18.5. The minimum Gasteiger partial charge on any atom is -0.325 e. The van der Waals surface area contributed by atoms with Gasteiger partial charge in [0.05, 0.1) is 31.1 Å². The molecule has 0 saturated carbocycles. The molecular weight excluding hydrogens is 357 g/mol. The Hall–Kier alpha value is -2.29. The van der Waals surface area contributed by atoms with Gasteiger partial charge in [-0.05, 0) is 30.3 Å². The summed E-state index contributed by atoms with van der Waals surface area (Å²) in [5.74, 6) is -0.625. The van der Waals surface area contributed by atoms with Gasteiger partial charge in [0.25, 0.3) is 5.91 Å². The molecule has 0 aliphatic carbocycles. The molecule has 1 aliphatic heterocycles. The third-order valence-electron chi connectivity index (χ3n) is 4.33. The fourth-order valence-corrected chi connectivity index (χ4v) is 4.42. The maximum Gasteiger partial charge on any atom is 0.279 e. The fourth-order valence-electron chi connectivity index (χ4n) is 2.96. The summed E-state index contributed by atoms with van der Waals surface area (Å²) in [6.45, 7) is 2.03. The predicted octanol–water partition coefficient (Wildman–Crippen LogP) is 0.354. The Morgan fingerprint density at radius 3 is 2.42 bits per heavy atom. The van der Waals surface area contributed by atoms with Crippen molar-refractivity contribution in [3.05, 3.63) is 60.4 Å². The van der Waals surface area contributed by atoms with Gasteiger partial charge in [0.2, 0.25) is 10.0 Å². The summed E-state index contributed by atoms with van der Waals surface area (Å²) < 4.78 is 39.8. The summed E-state index contributed by atoms with van der Waals surface area (Å²) in [7, 11) is -3.49. The number of sulfonamides is 1. The van der Waals surface area contributed by atoms with Gasteiger partial charge in [-0.2, -0.15) is 4.31 Å². The number of piperazine rings is 1. The molecule has 8 heteroatoms. The normalized spacial score (nSPS) is 16.3. The molecule has 0 aromatic heterocycles. The second-order valence-corrected chi connectivity index (χ2v) is 8.14. The van der Waals surface area contributed by atoms with Gasteiger partial charge >= 0.3 is 0 Å². The van der Waals surface area contributed by atoms with E-state index in [2.05, 4.69) is 5.32 Å². The van der Waals surface area contributed by atoms with Crippen molar-refractivity contribution in [2.45, 2.75) is 4.90 Å². The van der Waals surface area contributed by atoms with Gasteiger partial charge < -0.3 is 10.2 Å². The van der Waals surface area contributed by atoms with Crippen LogP contribution in [0.25, 0.3) is 0 Å². The molecule has 3 rings (SSSR count). The van der Waals surface area contributed by atoms with Crippen molar-refractivity contribution in [3.63, 3.8) is 0 Å². The van der Waals surface area contributed by atoms with E-state index in [1.54, 1.807) is 36.4 Å². The Labute approximate surface area is 152 Å². The molecule has 1 amide bonds. The standard InChI is InChI=1S/C18H20FN3O3S/c19-15-5-4-6-16(13-15)20-18(23)14-21-9-11-22(12-10-21)26(24,25)17-7-2-1-3-8-17/h1-8,13H,9-12,14H2,(H,20,23)/p+1. The van der Waals surface area contributed by atoms with Crippen LogP contribution in [-0.4, -0.2) is 51.4 Å². The van der Waals surface area contributed by atoms with E-state index in [0.29, 0.717) is 31.9 Å². The second-order valence-electron chi connectivity index (χ2n) is 6.20. The number of nitrogens with one attached hydrogen (secondary N) is 2. The average Bonchev–Trinajstić information content (AvgIpc) is 2.63. The summed E-state index contributed by atoms with van der Waals surface area (Å²) in [6.07, 6.45) is 0. The molecule has 1 heterocycles. The molecule has 1 aliphatic rings. The third-order valence-corrected chi connectivity index (χ3v) is 6.24. The van der Waals surface area contributed by atoms with E-state index in [4.69, 9.17) is 0 Å². The molecule has 0 unspecified atom stereocenters. The molecule has 0 radical (unpaired) electrons. The Kier molecular flexibility index (Phi) is 5.65. The first-order chi connectivity index (χ1) is 12.4. The van der Waals surface area contributed by atoms with Gasteiger partial charge in [0, 0.05) is 5.69 Å². The molecule has 1 saturated heterocycles. The Morgan fingerprint density at radius 2 is 1.77 bits per heavy atom. The highest BCUT2D eigenvalue weighted by Crippen LogP contribution is 2.14. The van der Waals surface area contributed by atoms with Crippen LogP contribution in [-0.2, 0) is 14.8 Å². The monoisotopic (exact) mass is 378 g/mol.